The molecule has 0 aromatic heterocycles. The van der Waals surface area contributed by atoms with Gasteiger partial charge in [-0.25, -0.2) is 12.9 Å². The van der Waals surface area contributed by atoms with Gasteiger partial charge in [0.15, 0.2) is 0 Å². The first-order chi connectivity index (χ1) is 11.2. The van der Waals surface area contributed by atoms with Gasteiger partial charge in [-0.05, 0) is 31.4 Å². The Morgan fingerprint density at radius 3 is 3.09 bits per heavy atom. The van der Waals surface area contributed by atoms with Crippen molar-refractivity contribution in [3.63, 3.8) is 0 Å². The van der Waals surface area contributed by atoms with Gasteiger partial charge in [0.1, 0.15) is 5.82 Å². The van der Waals surface area contributed by atoms with E-state index >= 15 is 0 Å². The molecule has 1 aromatic carbocycles. The van der Waals surface area contributed by atoms with Crippen molar-refractivity contribution < 1.29 is 13.4 Å². The molecule has 128 valence electrons. The van der Waals surface area contributed by atoms with Gasteiger partial charge in [0.25, 0.3) is 0 Å². The van der Waals surface area contributed by atoms with Crippen LogP contribution in [0.1, 0.15) is 25.3 Å². The summed E-state index contributed by atoms with van der Waals surface area (Å²) in [6, 6.07) is 4.78. The van der Waals surface area contributed by atoms with Gasteiger partial charge in [0, 0.05) is 42.7 Å². The number of halogens is 1. The Morgan fingerprint density at radius 1 is 1.52 bits per heavy atom. The Hall–Kier alpha value is -1.31. The summed E-state index contributed by atoms with van der Waals surface area (Å²) in [5.41, 5.74) is 1.01. The van der Waals surface area contributed by atoms with Crippen molar-refractivity contribution in [2.24, 2.45) is 0 Å². The van der Waals surface area contributed by atoms with Crippen molar-refractivity contribution in [1.82, 2.24) is 9.62 Å². The van der Waals surface area contributed by atoms with E-state index in [1.165, 1.54) is 6.07 Å². The third-order valence-corrected chi connectivity index (χ3v) is 5.76. The number of anilines is 1. The van der Waals surface area contributed by atoms with Crippen molar-refractivity contribution >= 4 is 23.1 Å². The summed E-state index contributed by atoms with van der Waals surface area (Å²) in [5.74, 6) is 0.343. The number of nitrogens with one attached hydrogen (secondary N) is 2. The first-order valence-electron chi connectivity index (χ1n) is 8.00. The van der Waals surface area contributed by atoms with Crippen LogP contribution >= 0.6 is 0 Å². The van der Waals surface area contributed by atoms with Gasteiger partial charge in [-0.1, -0.05) is 13.0 Å². The van der Waals surface area contributed by atoms with Crippen LogP contribution in [-0.4, -0.2) is 46.4 Å². The Morgan fingerprint density at radius 2 is 2.35 bits per heavy atom. The van der Waals surface area contributed by atoms with Gasteiger partial charge in [-0.3, -0.25) is 4.79 Å². The number of hydrogen-bond acceptors (Lipinski definition) is 3. The van der Waals surface area contributed by atoms with E-state index in [4.69, 9.17) is 0 Å². The quantitative estimate of drug-likeness (QED) is 0.707. The molecule has 2 rings (SSSR count). The minimum absolute atomic E-state index is 0.111. The fraction of sp³-hybridized carbons (Fsp3) is 0.562. The van der Waals surface area contributed by atoms with Crippen LogP contribution < -0.4 is 10.6 Å². The lowest BCUT2D eigenvalue weighted by Gasteiger charge is -2.35. The van der Waals surface area contributed by atoms with E-state index in [1.54, 1.807) is 12.1 Å². The zero-order chi connectivity index (χ0) is 16.7. The van der Waals surface area contributed by atoms with Crippen LogP contribution in [0.4, 0.5) is 10.1 Å². The highest BCUT2D eigenvalue weighted by molar-refractivity contribution is 7.82. The second-order valence-corrected chi connectivity index (χ2v) is 7.11. The van der Waals surface area contributed by atoms with Crippen LogP contribution in [0.15, 0.2) is 18.2 Å². The lowest BCUT2D eigenvalue weighted by molar-refractivity contribution is -0.105. The first-order valence-corrected chi connectivity index (χ1v) is 9.28. The van der Waals surface area contributed by atoms with Crippen LogP contribution in [0.25, 0.3) is 0 Å². The van der Waals surface area contributed by atoms with E-state index in [0.717, 1.165) is 26.1 Å². The lowest BCUT2D eigenvalue weighted by atomic mass is 10.0. The van der Waals surface area contributed by atoms with E-state index in [2.05, 4.69) is 10.6 Å². The van der Waals surface area contributed by atoms with Crippen molar-refractivity contribution in [2.45, 2.75) is 32.2 Å². The molecule has 0 bridgehead atoms. The molecule has 2 N–H and O–H groups in total. The summed E-state index contributed by atoms with van der Waals surface area (Å²) < 4.78 is 28.4. The fourth-order valence-corrected chi connectivity index (χ4v) is 4.26. The van der Waals surface area contributed by atoms with Gasteiger partial charge in [-0.2, -0.15) is 0 Å². The maximum Gasteiger partial charge on any atom is 0.211 e. The molecule has 1 amide bonds. The maximum atomic E-state index is 14.1. The predicted molar refractivity (Wildman–Crippen MR) is 91.1 cm³/mol. The number of piperazine rings is 1. The van der Waals surface area contributed by atoms with Gasteiger partial charge < -0.3 is 10.6 Å². The molecule has 1 aromatic rings. The summed E-state index contributed by atoms with van der Waals surface area (Å²) >= 11 is 0. The Labute approximate surface area is 139 Å². The molecule has 0 aliphatic carbocycles. The summed E-state index contributed by atoms with van der Waals surface area (Å²) in [4.78, 5) is 10.7. The Bertz CT molecular complexity index is 556. The van der Waals surface area contributed by atoms with E-state index in [-0.39, 0.29) is 11.9 Å². The number of carbonyl (C=O) groups excluding carboxylic acids is 1. The maximum absolute atomic E-state index is 14.1. The Balaban J connectivity index is 2.06. The van der Waals surface area contributed by atoms with Crippen LogP contribution in [-0.2, 0) is 22.2 Å². The van der Waals surface area contributed by atoms with E-state index in [1.807, 2.05) is 11.2 Å². The molecular formula is C16H24FN3O2S. The summed E-state index contributed by atoms with van der Waals surface area (Å²) in [7, 11) is -0.981. The minimum Gasteiger partial charge on any atom is -0.328 e. The zero-order valence-electron chi connectivity index (χ0n) is 13.4. The molecule has 1 aliphatic heterocycles. The fourth-order valence-electron chi connectivity index (χ4n) is 2.87. The van der Waals surface area contributed by atoms with E-state index in [9.17, 15) is 13.4 Å². The molecule has 23 heavy (non-hydrogen) atoms. The lowest BCUT2D eigenvalue weighted by Crippen LogP contribution is -2.52. The summed E-state index contributed by atoms with van der Waals surface area (Å²) in [6.07, 6.45) is 2.62. The summed E-state index contributed by atoms with van der Waals surface area (Å²) in [5, 5.41) is 5.86. The smallest absolute Gasteiger partial charge is 0.211 e. The average molecular weight is 341 g/mol. The molecule has 1 saturated heterocycles. The molecule has 1 heterocycles. The second-order valence-electron chi connectivity index (χ2n) is 5.59. The molecular weight excluding hydrogens is 317 g/mol. The predicted octanol–water partition coefficient (Wildman–Crippen LogP) is 1.67. The number of nitrogens with zero attached hydrogens (tertiary/aromatic N) is 1. The molecule has 5 nitrogen and oxygen atoms in total. The van der Waals surface area contributed by atoms with Crippen LogP contribution in [0, 0.1) is 5.82 Å². The van der Waals surface area contributed by atoms with E-state index in [0.29, 0.717) is 36.3 Å². The second kappa shape index (κ2) is 9.10. The van der Waals surface area contributed by atoms with Crippen LogP contribution in [0.5, 0.6) is 0 Å². The normalized spacial score (nSPS) is 20.2. The third-order valence-electron chi connectivity index (χ3n) is 4.00. The summed E-state index contributed by atoms with van der Waals surface area (Å²) in [6.45, 7) is 4.34. The minimum atomic E-state index is -0.981. The zero-order valence-corrected chi connectivity index (χ0v) is 14.2. The van der Waals surface area contributed by atoms with Crippen molar-refractivity contribution in [1.29, 1.82) is 0 Å². The third kappa shape index (κ3) is 4.83. The first kappa shape index (κ1) is 18.0. The molecule has 7 heteroatoms. The Kier molecular flexibility index (Phi) is 7.14. The van der Waals surface area contributed by atoms with Gasteiger partial charge in [-0.15, -0.1) is 0 Å². The number of benzene rings is 1. The van der Waals surface area contributed by atoms with Crippen molar-refractivity contribution in [3.05, 3.63) is 29.6 Å². The highest BCUT2D eigenvalue weighted by Gasteiger charge is 2.26. The molecule has 2 unspecified atom stereocenters. The number of carbonyl (C=O) groups is 1. The van der Waals surface area contributed by atoms with Crippen molar-refractivity contribution in [3.8, 4) is 0 Å². The molecule has 2 atom stereocenters. The highest BCUT2D eigenvalue weighted by atomic mass is 32.2. The van der Waals surface area contributed by atoms with Gasteiger partial charge >= 0.3 is 0 Å². The molecule has 0 radical (unpaired) electrons. The topological polar surface area (TPSA) is 61.4 Å². The molecule has 1 fully saturated rings. The van der Waals surface area contributed by atoms with Crippen molar-refractivity contribution in [2.75, 3.05) is 30.7 Å². The standard InChI is InChI=1S/C16H24FN3O2S/c1-2-10-23(22)20-9-8-18-11-13(20)6-7-14-15(17)4-3-5-16(14)19-12-21/h3-5,12-13,18H,2,6-11H2,1H3,(H,19,21). The number of amides is 1. The average Bonchev–Trinajstić information content (AvgIpc) is 2.55. The number of hydrogen-bond donors (Lipinski definition) is 2. The largest absolute Gasteiger partial charge is 0.328 e. The van der Waals surface area contributed by atoms with Crippen LogP contribution in [0.3, 0.4) is 0 Å². The SMILES string of the molecule is CCCS(=O)N1CCNCC1CCc1c(F)cccc1NC=O. The van der Waals surface area contributed by atoms with Gasteiger partial charge in [0.2, 0.25) is 6.41 Å². The molecule has 0 saturated carbocycles. The monoisotopic (exact) mass is 341 g/mol. The van der Waals surface area contributed by atoms with Crippen LogP contribution in [0.2, 0.25) is 0 Å². The highest BCUT2D eigenvalue weighted by Crippen LogP contribution is 2.22. The number of rotatable bonds is 8. The van der Waals surface area contributed by atoms with E-state index < -0.39 is 11.0 Å². The molecule has 0 spiro atoms. The van der Waals surface area contributed by atoms with Gasteiger partial charge in [0.05, 0.1) is 11.0 Å². The molecule has 1 aliphatic rings.